The van der Waals surface area contributed by atoms with Gasteiger partial charge in [-0.05, 0) is 69.3 Å². The Bertz CT molecular complexity index is 534. The van der Waals surface area contributed by atoms with Crippen LogP contribution in [0.3, 0.4) is 0 Å². The molecule has 2 N–H and O–H groups in total. The van der Waals surface area contributed by atoms with Gasteiger partial charge in [0.1, 0.15) is 5.82 Å². The predicted octanol–water partition coefficient (Wildman–Crippen LogP) is 2.33. The van der Waals surface area contributed by atoms with Gasteiger partial charge in [0.25, 0.3) is 0 Å². The SMILES string of the molecule is Cc1cc(CC2(C(=O)NC3CCNCC3)CC2)ccc1F. The molecule has 1 saturated heterocycles. The van der Waals surface area contributed by atoms with Crippen LogP contribution in [0.1, 0.15) is 36.8 Å². The highest BCUT2D eigenvalue weighted by molar-refractivity contribution is 5.85. The third kappa shape index (κ3) is 3.26. The first-order valence-corrected chi connectivity index (χ1v) is 7.86. The summed E-state index contributed by atoms with van der Waals surface area (Å²) < 4.78 is 13.3. The average molecular weight is 290 g/mol. The van der Waals surface area contributed by atoms with Crippen LogP contribution in [0.15, 0.2) is 18.2 Å². The number of aryl methyl sites for hydroxylation is 1. The maximum absolute atomic E-state index is 13.3. The van der Waals surface area contributed by atoms with E-state index in [1.165, 1.54) is 6.07 Å². The van der Waals surface area contributed by atoms with Crippen molar-refractivity contribution in [3.05, 3.63) is 35.1 Å². The molecular formula is C17H23FN2O. The zero-order valence-electron chi connectivity index (χ0n) is 12.5. The average Bonchev–Trinajstić information content (AvgIpc) is 3.25. The molecule has 3 nitrogen and oxygen atoms in total. The number of nitrogens with one attached hydrogen (secondary N) is 2. The molecule has 0 bridgehead atoms. The molecule has 1 saturated carbocycles. The molecule has 1 aliphatic carbocycles. The fourth-order valence-corrected chi connectivity index (χ4v) is 3.15. The van der Waals surface area contributed by atoms with Gasteiger partial charge in [-0.3, -0.25) is 4.79 Å². The van der Waals surface area contributed by atoms with Gasteiger partial charge in [0, 0.05) is 6.04 Å². The molecule has 0 unspecified atom stereocenters. The summed E-state index contributed by atoms with van der Waals surface area (Å²) in [6.07, 6.45) is 4.64. The number of carbonyl (C=O) groups is 1. The predicted molar refractivity (Wildman–Crippen MR) is 80.5 cm³/mol. The summed E-state index contributed by atoms with van der Waals surface area (Å²) in [5.74, 6) is 0.0131. The second-order valence-electron chi connectivity index (χ2n) is 6.54. The van der Waals surface area contributed by atoms with Crippen LogP contribution in [0.2, 0.25) is 0 Å². The first-order chi connectivity index (χ1) is 10.1. The van der Waals surface area contributed by atoms with Crippen molar-refractivity contribution in [2.24, 2.45) is 5.41 Å². The smallest absolute Gasteiger partial charge is 0.226 e. The van der Waals surface area contributed by atoms with Crippen LogP contribution in [0, 0.1) is 18.2 Å². The van der Waals surface area contributed by atoms with Gasteiger partial charge < -0.3 is 10.6 Å². The minimum absolute atomic E-state index is 0.178. The Balaban J connectivity index is 1.63. The Morgan fingerprint density at radius 3 is 2.71 bits per heavy atom. The highest BCUT2D eigenvalue weighted by Crippen LogP contribution is 2.48. The van der Waals surface area contributed by atoms with Crippen molar-refractivity contribution in [3.8, 4) is 0 Å². The van der Waals surface area contributed by atoms with E-state index in [0.29, 0.717) is 11.6 Å². The van der Waals surface area contributed by atoms with E-state index in [1.54, 1.807) is 13.0 Å². The first-order valence-electron chi connectivity index (χ1n) is 7.86. The van der Waals surface area contributed by atoms with Gasteiger partial charge in [0.2, 0.25) is 5.91 Å². The summed E-state index contributed by atoms with van der Waals surface area (Å²) in [5.41, 5.74) is 1.48. The number of halogens is 1. The molecule has 1 aromatic carbocycles. The molecule has 1 aliphatic heterocycles. The summed E-state index contributed by atoms with van der Waals surface area (Å²) in [4.78, 5) is 12.5. The van der Waals surface area contributed by atoms with Crippen LogP contribution >= 0.6 is 0 Å². The van der Waals surface area contributed by atoms with Crippen LogP contribution < -0.4 is 10.6 Å². The molecule has 2 aliphatic rings. The summed E-state index contributed by atoms with van der Waals surface area (Å²) >= 11 is 0. The van der Waals surface area contributed by atoms with Gasteiger partial charge in [0.05, 0.1) is 5.41 Å². The van der Waals surface area contributed by atoms with Gasteiger partial charge in [-0.25, -0.2) is 4.39 Å². The summed E-state index contributed by atoms with van der Waals surface area (Å²) in [7, 11) is 0. The second-order valence-corrected chi connectivity index (χ2v) is 6.54. The van der Waals surface area contributed by atoms with E-state index < -0.39 is 0 Å². The van der Waals surface area contributed by atoms with Crippen molar-refractivity contribution >= 4 is 5.91 Å². The molecule has 21 heavy (non-hydrogen) atoms. The van der Waals surface area contributed by atoms with Crippen molar-refractivity contribution in [2.45, 2.75) is 45.1 Å². The van der Waals surface area contributed by atoms with Crippen LogP contribution in [0.4, 0.5) is 4.39 Å². The molecule has 0 spiro atoms. The normalized spacial score (nSPS) is 21.0. The molecule has 4 heteroatoms. The minimum Gasteiger partial charge on any atom is -0.353 e. The zero-order chi connectivity index (χ0) is 14.9. The van der Waals surface area contributed by atoms with E-state index in [0.717, 1.165) is 50.8 Å². The highest BCUT2D eigenvalue weighted by Gasteiger charge is 2.49. The molecule has 0 atom stereocenters. The number of amides is 1. The number of hydrogen-bond donors (Lipinski definition) is 2. The molecular weight excluding hydrogens is 267 g/mol. The molecule has 1 amide bonds. The monoisotopic (exact) mass is 290 g/mol. The third-order valence-corrected chi connectivity index (χ3v) is 4.77. The highest BCUT2D eigenvalue weighted by atomic mass is 19.1. The van der Waals surface area contributed by atoms with Crippen molar-refractivity contribution in [1.82, 2.24) is 10.6 Å². The van der Waals surface area contributed by atoms with Gasteiger partial charge in [-0.15, -0.1) is 0 Å². The number of rotatable bonds is 4. The Labute approximate surface area is 125 Å². The Morgan fingerprint density at radius 2 is 2.10 bits per heavy atom. The van der Waals surface area contributed by atoms with Crippen molar-refractivity contribution in [2.75, 3.05) is 13.1 Å². The first kappa shape index (κ1) is 14.5. The standard InChI is InChI=1S/C17H23FN2O/c1-12-10-13(2-3-15(12)18)11-17(6-7-17)16(21)20-14-4-8-19-9-5-14/h2-3,10,14,19H,4-9,11H2,1H3,(H,20,21). The van der Waals surface area contributed by atoms with E-state index in [-0.39, 0.29) is 17.1 Å². The Morgan fingerprint density at radius 1 is 1.38 bits per heavy atom. The van der Waals surface area contributed by atoms with Crippen molar-refractivity contribution in [3.63, 3.8) is 0 Å². The fraction of sp³-hybridized carbons (Fsp3) is 0.588. The fourth-order valence-electron chi connectivity index (χ4n) is 3.15. The summed E-state index contributed by atoms with van der Waals surface area (Å²) in [6.45, 7) is 3.73. The number of benzene rings is 1. The Hall–Kier alpha value is -1.42. The van der Waals surface area contributed by atoms with Crippen LogP contribution in [-0.2, 0) is 11.2 Å². The quantitative estimate of drug-likeness (QED) is 0.893. The van der Waals surface area contributed by atoms with E-state index in [1.807, 2.05) is 6.07 Å². The maximum atomic E-state index is 13.3. The molecule has 1 aromatic rings. The Kier molecular flexibility index (Phi) is 3.98. The molecule has 3 rings (SSSR count). The topological polar surface area (TPSA) is 41.1 Å². The summed E-state index contributed by atoms with van der Waals surface area (Å²) in [5, 5.41) is 6.52. The number of hydrogen-bond acceptors (Lipinski definition) is 2. The maximum Gasteiger partial charge on any atom is 0.226 e. The molecule has 114 valence electrons. The van der Waals surface area contributed by atoms with E-state index in [2.05, 4.69) is 10.6 Å². The molecule has 2 fully saturated rings. The van der Waals surface area contributed by atoms with Crippen molar-refractivity contribution < 1.29 is 9.18 Å². The van der Waals surface area contributed by atoms with Gasteiger partial charge in [-0.2, -0.15) is 0 Å². The largest absolute Gasteiger partial charge is 0.353 e. The lowest BCUT2D eigenvalue weighted by Gasteiger charge is -2.26. The lowest BCUT2D eigenvalue weighted by Crippen LogP contribution is -2.45. The number of carbonyl (C=O) groups excluding carboxylic acids is 1. The lowest BCUT2D eigenvalue weighted by atomic mass is 9.93. The third-order valence-electron chi connectivity index (χ3n) is 4.77. The van der Waals surface area contributed by atoms with Crippen LogP contribution in [0.25, 0.3) is 0 Å². The van der Waals surface area contributed by atoms with Gasteiger partial charge in [0.15, 0.2) is 0 Å². The molecule has 1 heterocycles. The van der Waals surface area contributed by atoms with Crippen molar-refractivity contribution in [1.29, 1.82) is 0 Å². The minimum atomic E-state index is -0.241. The van der Waals surface area contributed by atoms with Crippen LogP contribution in [-0.4, -0.2) is 25.0 Å². The summed E-state index contributed by atoms with van der Waals surface area (Å²) in [6, 6.07) is 5.49. The second kappa shape index (κ2) is 5.76. The zero-order valence-corrected chi connectivity index (χ0v) is 12.5. The molecule has 0 radical (unpaired) electrons. The lowest BCUT2D eigenvalue weighted by molar-refractivity contribution is -0.127. The van der Waals surface area contributed by atoms with Gasteiger partial charge >= 0.3 is 0 Å². The van der Waals surface area contributed by atoms with Crippen LogP contribution in [0.5, 0.6) is 0 Å². The van der Waals surface area contributed by atoms with E-state index in [9.17, 15) is 9.18 Å². The van der Waals surface area contributed by atoms with Gasteiger partial charge in [-0.1, -0.05) is 12.1 Å². The van der Waals surface area contributed by atoms with E-state index in [4.69, 9.17) is 0 Å². The van der Waals surface area contributed by atoms with E-state index >= 15 is 0 Å². The number of piperidine rings is 1. The molecule has 0 aromatic heterocycles.